The second-order valence-electron chi connectivity index (χ2n) is 4.13. The van der Waals surface area contributed by atoms with Crippen molar-refractivity contribution in [3.8, 4) is 0 Å². The molecule has 0 amide bonds. The van der Waals surface area contributed by atoms with Gasteiger partial charge in [0.05, 0.1) is 6.04 Å². The maximum atomic E-state index is 10.7. The van der Waals surface area contributed by atoms with Gasteiger partial charge in [-0.1, -0.05) is 38.1 Å². The number of carbonyl (C=O) groups excluding carboxylic acids is 1. The number of likely N-dealkylation sites (N-methyl/N-ethyl adjacent to an activating group) is 1. The lowest BCUT2D eigenvalue weighted by atomic mass is 9.99. The Morgan fingerprint density at radius 2 is 1.87 bits per heavy atom. The fourth-order valence-electron chi connectivity index (χ4n) is 1.51. The van der Waals surface area contributed by atoms with E-state index in [-0.39, 0.29) is 6.04 Å². The lowest BCUT2D eigenvalue weighted by Gasteiger charge is -2.10. The van der Waals surface area contributed by atoms with Crippen molar-refractivity contribution < 1.29 is 4.79 Å². The van der Waals surface area contributed by atoms with E-state index in [1.54, 1.807) is 0 Å². The van der Waals surface area contributed by atoms with Gasteiger partial charge in [0.2, 0.25) is 0 Å². The van der Waals surface area contributed by atoms with Crippen molar-refractivity contribution in [2.75, 3.05) is 7.05 Å². The summed E-state index contributed by atoms with van der Waals surface area (Å²) in [5, 5.41) is 2.97. The Morgan fingerprint density at radius 3 is 2.27 bits per heavy atom. The van der Waals surface area contributed by atoms with Gasteiger partial charge in [0.1, 0.15) is 6.29 Å². The minimum absolute atomic E-state index is 0.0742. The minimum Gasteiger partial charge on any atom is -0.311 e. The molecule has 0 heterocycles. The Bertz CT molecular complexity index is 303. The van der Waals surface area contributed by atoms with Crippen LogP contribution in [-0.4, -0.2) is 19.4 Å². The van der Waals surface area contributed by atoms with Crippen LogP contribution < -0.4 is 5.32 Å². The Hall–Kier alpha value is -1.15. The SMILES string of the molecule is CN[C@H](C=O)Cc1ccc(C(C)C)cc1. The van der Waals surface area contributed by atoms with Crippen LogP contribution in [0.25, 0.3) is 0 Å². The first-order valence-corrected chi connectivity index (χ1v) is 5.38. The number of nitrogens with one attached hydrogen (secondary N) is 1. The number of hydrogen-bond donors (Lipinski definition) is 1. The molecule has 1 aromatic carbocycles. The van der Waals surface area contributed by atoms with Gasteiger partial charge in [-0.15, -0.1) is 0 Å². The van der Waals surface area contributed by atoms with E-state index in [4.69, 9.17) is 0 Å². The van der Waals surface area contributed by atoms with E-state index in [0.717, 1.165) is 12.7 Å². The summed E-state index contributed by atoms with van der Waals surface area (Å²) in [6.07, 6.45) is 1.72. The second kappa shape index (κ2) is 5.66. The molecule has 1 atom stereocenters. The van der Waals surface area contributed by atoms with Gasteiger partial charge in [-0.3, -0.25) is 0 Å². The highest BCUT2D eigenvalue weighted by molar-refractivity contribution is 5.58. The van der Waals surface area contributed by atoms with E-state index >= 15 is 0 Å². The van der Waals surface area contributed by atoms with Gasteiger partial charge >= 0.3 is 0 Å². The van der Waals surface area contributed by atoms with Crippen molar-refractivity contribution in [1.29, 1.82) is 0 Å². The van der Waals surface area contributed by atoms with Gasteiger partial charge in [-0.2, -0.15) is 0 Å². The summed E-state index contributed by atoms with van der Waals surface area (Å²) in [5.74, 6) is 0.560. The predicted octanol–water partition coefficient (Wildman–Crippen LogP) is 2.14. The lowest BCUT2D eigenvalue weighted by molar-refractivity contribution is -0.109. The van der Waals surface area contributed by atoms with E-state index in [1.165, 1.54) is 11.1 Å². The third-order valence-corrected chi connectivity index (χ3v) is 2.64. The Morgan fingerprint density at radius 1 is 1.27 bits per heavy atom. The van der Waals surface area contributed by atoms with E-state index in [1.807, 2.05) is 7.05 Å². The van der Waals surface area contributed by atoms with Crippen LogP contribution in [0.1, 0.15) is 30.9 Å². The quantitative estimate of drug-likeness (QED) is 0.746. The largest absolute Gasteiger partial charge is 0.311 e. The molecule has 0 aromatic heterocycles. The molecule has 0 saturated carbocycles. The first-order valence-electron chi connectivity index (χ1n) is 5.38. The molecule has 1 N–H and O–H groups in total. The van der Waals surface area contributed by atoms with Gasteiger partial charge in [0.15, 0.2) is 0 Å². The summed E-state index contributed by atoms with van der Waals surface area (Å²) in [6.45, 7) is 4.35. The van der Waals surface area contributed by atoms with Crippen LogP contribution in [0.15, 0.2) is 24.3 Å². The van der Waals surface area contributed by atoms with Crippen molar-refractivity contribution in [3.05, 3.63) is 35.4 Å². The maximum absolute atomic E-state index is 10.7. The van der Waals surface area contributed by atoms with Crippen LogP contribution >= 0.6 is 0 Å². The van der Waals surface area contributed by atoms with Crippen LogP contribution in [-0.2, 0) is 11.2 Å². The van der Waals surface area contributed by atoms with Gasteiger partial charge < -0.3 is 10.1 Å². The molecule has 1 aromatic rings. The fraction of sp³-hybridized carbons (Fsp3) is 0.462. The van der Waals surface area contributed by atoms with Crippen molar-refractivity contribution in [2.45, 2.75) is 32.2 Å². The van der Waals surface area contributed by atoms with Crippen LogP contribution in [0.4, 0.5) is 0 Å². The average molecular weight is 205 g/mol. The molecule has 0 aliphatic rings. The summed E-state index contributed by atoms with van der Waals surface area (Å²) in [5.41, 5.74) is 2.54. The van der Waals surface area contributed by atoms with Crippen molar-refractivity contribution >= 4 is 6.29 Å². The van der Waals surface area contributed by atoms with Crippen LogP contribution in [0.3, 0.4) is 0 Å². The zero-order valence-electron chi connectivity index (χ0n) is 9.66. The first-order chi connectivity index (χ1) is 7.17. The Labute approximate surface area is 91.7 Å². The summed E-state index contributed by atoms with van der Waals surface area (Å²) >= 11 is 0. The summed E-state index contributed by atoms with van der Waals surface area (Å²) in [4.78, 5) is 10.7. The summed E-state index contributed by atoms with van der Waals surface area (Å²) < 4.78 is 0. The van der Waals surface area contributed by atoms with Crippen molar-refractivity contribution in [2.24, 2.45) is 0 Å². The van der Waals surface area contributed by atoms with Gasteiger partial charge in [0, 0.05) is 0 Å². The first kappa shape index (κ1) is 11.9. The highest BCUT2D eigenvalue weighted by Gasteiger charge is 2.05. The third kappa shape index (κ3) is 3.48. The van der Waals surface area contributed by atoms with E-state index in [9.17, 15) is 4.79 Å². The number of aldehydes is 1. The lowest BCUT2D eigenvalue weighted by Crippen LogP contribution is -2.28. The standard InChI is InChI=1S/C13H19NO/c1-10(2)12-6-4-11(5-7-12)8-13(9-15)14-3/h4-7,9-10,13-14H,8H2,1-3H3/t13-/m0/s1. The Kier molecular flexibility index (Phi) is 4.50. The molecule has 0 fully saturated rings. The number of benzene rings is 1. The summed E-state index contributed by atoms with van der Waals surface area (Å²) in [7, 11) is 1.81. The molecule has 0 bridgehead atoms. The van der Waals surface area contributed by atoms with Crippen molar-refractivity contribution in [3.63, 3.8) is 0 Å². The zero-order valence-corrected chi connectivity index (χ0v) is 9.66. The van der Waals surface area contributed by atoms with E-state index in [0.29, 0.717) is 5.92 Å². The number of carbonyl (C=O) groups is 1. The molecule has 0 aliphatic heterocycles. The van der Waals surface area contributed by atoms with Crippen molar-refractivity contribution in [1.82, 2.24) is 5.32 Å². The highest BCUT2D eigenvalue weighted by Crippen LogP contribution is 2.15. The normalized spacial score (nSPS) is 12.8. The van der Waals surface area contributed by atoms with Crippen LogP contribution in [0, 0.1) is 0 Å². The molecular formula is C13H19NO. The molecule has 1 rings (SSSR count). The van der Waals surface area contributed by atoms with E-state index < -0.39 is 0 Å². The van der Waals surface area contributed by atoms with E-state index in [2.05, 4.69) is 43.4 Å². The molecule has 0 radical (unpaired) electrons. The Balaban J connectivity index is 2.67. The van der Waals surface area contributed by atoms with Crippen LogP contribution in [0.5, 0.6) is 0 Å². The molecule has 2 heteroatoms. The molecule has 15 heavy (non-hydrogen) atoms. The summed E-state index contributed by atoms with van der Waals surface area (Å²) in [6, 6.07) is 8.40. The molecular weight excluding hydrogens is 186 g/mol. The van der Waals surface area contributed by atoms with Gasteiger partial charge in [0.25, 0.3) is 0 Å². The molecule has 82 valence electrons. The second-order valence-corrected chi connectivity index (χ2v) is 4.13. The fourth-order valence-corrected chi connectivity index (χ4v) is 1.51. The minimum atomic E-state index is -0.0742. The smallest absolute Gasteiger partial charge is 0.137 e. The number of rotatable bonds is 5. The van der Waals surface area contributed by atoms with Gasteiger partial charge in [-0.05, 0) is 30.5 Å². The third-order valence-electron chi connectivity index (χ3n) is 2.64. The molecule has 0 spiro atoms. The van der Waals surface area contributed by atoms with Crippen LogP contribution in [0.2, 0.25) is 0 Å². The van der Waals surface area contributed by atoms with Gasteiger partial charge in [-0.25, -0.2) is 0 Å². The molecule has 2 nitrogen and oxygen atoms in total. The molecule has 0 unspecified atom stereocenters. The molecule has 0 saturated heterocycles. The average Bonchev–Trinajstić information content (AvgIpc) is 2.26. The zero-order chi connectivity index (χ0) is 11.3. The topological polar surface area (TPSA) is 29.1 Å². The monoisotopic (exact) mass is 205 g/mol. The maximum Gasteiger partial charge on any atom is 0.137 e. The number of hydrogen-bond acceptors (Lipinski definition) is 2. The highest BCUT2D eigenvalue weighted by atomic mass is 16.1. The predicted molar refractivity (Wildman–Crippen MR) is 63.1 cm³/mol. The molecule has 0 aliphatic carbocycles.